The Hall–Kier alpha value is -3.28. The molecule has 5 rings (SSSR count). The molecule has 0 bridgehead atoms. The largest absolute Gasteiger partial charge is 0.368 e. The molecular formula is C28H29ClF2N4O4S. The first-order chi connectivity index (χ1) is 19.1. The van der Waals surface area contributed by atoms with Gasteiger partial charge in [-0.15, -0.1) is 0 Å². The number of benzene rings is 2. The van der Waals surface area contributed by atoms with E-state index in [1.54, 1.807) is 0 Å². The minimum absolute atomic E-state index is 0.0444. The number of amides is 1. The van der Waals surface area contributed by atoms with Crippen LogP contribution in [0.25, 0.3) is 12.2 Å². The molecule has 12 heteroatoms. The quantitative estimate of drug-likeness (QED) is 0.409. The topological polar surface area (TPSA) is 87.0 Å². The first kappa shape index (κ1) is 28.3. The summed E-state index contributed by atoms with van der Waals surface area (Å²) in [4.78, 5) is 17.2. The highest BCUT2D eigenvalue weighted by molar-refractivity contribution is 7.89. The second-order valence-electron chi connectivity index (χ2n) is 9.93. The number of hydrogen-bond donors (Lipinski definition) is 0. The van der Waals surface area contributed by atoms with Gasteiger partial charge in [0.15, 0.2) is 10.7 Å². The third-order valence-electron chi connectivity index (χ3n) is 7.38. The van der Waals surface area contributed by atoms with E-state index in [-0.39, 0.29) is 46.8 Å². The molecule has 0 N–H and O–H groups in total. The zero-order valence-electron chi connectivity index (χ0n) is 21.9. The number of anilines is 1. The molecule has 40 heavy (non-hydrogen) atoms. The fraction of sp³-hybridized carbons (Fsp3) is 0.357. The van der Waals surface area contributed by atoms with Crippen molar-refractivity contribution in [3.05, 3.63) is 76.1 Å². The predicted molar refractivity (Wildman–Crippen MR) is 148 cm³/mol. The van der Waals surface area contributed by atoms with Gasteiger partial charge in [-0.3, -0.25) is 4.79 Å². The first-order valence-electron chi connectivity index (χ1n) is 13.0. The van der Waals surface area contributed by atoms with Gasteiger partial charge in [0, 0.05) is 67.5 Å². The van der Waals surface area contributed by atoms with Gasteiger partial charge < -0.3 is 14.3 Å². The standard InChI is InChI=1S/C28H29ClF2N4O4S/c1-19-27(26(39-32-19)8-6-20-5-7-23(30)18-25(20)31)40(37,38)35-11-9-21(10-12-35)28(36)34-15-13-33(14-16-34)24-4-2-3-22(29)17-24/h2-8,17-18,21H,9-16H2,1H3. The van der Waals surface area contributed by atoms with Gasteiger partial charge in [-0.05, 0) is 62.2 Å². The Morgan fingerprint density at radius 2 is 1.75 bits per heavy atom. The molecule has 3 heterocycles. The van der Waals surface area contributed by atoms with Crippen molar-refractivity contribution in [1.29, 1.82) is 0 Å². The van der Waals surface area contributed by atoms with Crippen molar-refractivity contribution in [3.8, 4) is 0 Å². The van der Waals surface area contributed by atoms with E-state index in [0.29, 0.717) is 44.0 Å². The van der Waals surface area contributed by atoms with E-state index in [1.807, 2.05) is 29.2 Å². The molecule has 0 atom stereocenters. The lowest BCUT2D eigenvalue weighted by Crippen LogP contribution is -2.52. The van der Waals surface area contributed by atoms with Crippen LogP contribution in [0, 0.1) is 24.5 Å². The first-order valence-corrected chi connectivity index (χ1v) is 14.8. The highest BCUT2D eigenvalue weighted by Crippen LogP contribution is 2.30. The lowest BCUT2D eigenvalue weighted by atomic mass is 9.96. The van der Waals surface area contributed by atoms with Gasteiger partial charge in [0.25, 0.3) is 0 Å². The van der Waals surface area contributed by atoms with E-state index >= 15 is 0 Å². The van der Waals surface area contributed by atoms with Crippen LogP contribution in [0.15, 0.2) is 51.9 Å². The highest BCUT2D eigenvalue weighted by atomic mass is 35.5. The van der Waals surface area contributed by atoms with Crippen molar-refractivity contribution in [3.63, 3.8) is 0 Å². The van der Waals surface area contributed by atoms with Crippen LogP contribution in [0.3, 0.4) is 0 Å². The van der Waals surface area contributed by atoms with Crippen LogP contribution in [0.4, 0.5) is 14.5 Å². The van der Waals surface area contributed by atoms with Gasteiger partial charge in [0.1, 0.15) is 17.3 Å². The molecule has 3 aromatic rings. The second kappa shape index (κ2) is 11.7. The molecule has 0 unspecified atom stereocenters. The average Bonchev–Trinajstić information content (AvgIpc) is 3.33. The van der Waals surface area contributed by atoms with Gasteiger partial charge in [0.2, 0.25) is 15.9 Å². The zero-order valence-corrected chi connectivity index (χ0v) is 23.5. The maximum absolute atomic E-state index is 14.0. The molecule has 2 aliphatic heterocycles. The number of rotatable bonds is 6. The Morgan fingerprint density at radius 1 is 1.02 bits per heavy atom. The predicted octanol–water partition coefficient (Wildman–Crippen LogP) is 4.83. The summed E-state index contributed by atoms with van der Waals surface area (Å²) in [6.45, 7) is 4.46. The van der Waals surface area contributed by atoms with Gasteiger partial charge >= 0.3 is 0 Å². The minimum Gasteiger partial charge on any atom is -0.368 e. The fourth-order valence-corrected chi connectivity index (χ4v) is 7.09. The number of aryl methyl sites for hydroxylation is 1. The van der Waals surface area contributed by atoms with Crippen LogP contribution in [0.5, 0.6) is 0 Å². The molecule has 2 aromatic carbocycles. The van der Waals surface area contributed by atoms with E-state index < -0.39 is 21.7 Å². The van der Waals surface area contributed by atoms with Gasteiger partial charge in [-0.1, -0.05) is 22.8 Å². The molecule has 2 saturated heterocycles. The van der Waals surface area contributed by atoms with Crippen molar-refractivity contribution < 1.29 is 26.5 Å². The third-order valence-corrected chi connectivity index (χ3v) is 9.67. The lowest BCUT2D eigenvalue weighted by Gasteiger charge is -2.39. The van der Waals surface area contributed by atoms with Crippen molar-refractivity contribution in [1.82, 2.24) is 14.4 Å². The Bertz CT molecular complexity index is 1530. The number of carbonyl (C=O) groups excluding carboxylic acids is 1. The molecule has 0 saturated carbocycles. The van der Waals surface area contributed by atoms with E-state index in [9.17, 15) is 22.0 Å². The highest BCUT2D eigenvalue weighted by Gasteiger charge is 2.37. The molecule has 0 radical (unpaired) electrons. The van der Waals surface area contributed by atoms with Gasteiger partial charge in [-0.25, -0.2) is 17.2 Å². The molecule has 2 fully saturated rings. The van der Waals surface area contributed by atoms with Crippen LogP contribution in [0.1, 0.15) is 29.9 Å². The minimum atomic E-state index is -3.99. The number of halogens is 3. The van der Waals surface area contributed by atoms with E-state index in [1.165, 1.54) is 29.4 Å². The molecular weight excluding hydrogens is 562 g/mol. The summed E-state index contributed by atoms with van der Waals surface area (Å²) in [5.74, 6) is -1.75. The molecule has 0 spiro atoms. The number of nitrogens with zero attached hydrogens (tertiary/aromatic N) is 4. The summed E-state index contributed by atoms with van der Waals surface area (Å²) in [6.07, 6.45) is 3.43. The normalized spacial score (nSPS) is 17.6. The van der Waals surface area contributed by atoms with Crippen molar-refractivity contribution >= 4 is 45.4 Å². The number of sulfonamides is 1. The maximum atomic E-state index is 14.0. The number of hydrogen-bond acceptors (Lipinski definition) is 6. The van der Waals surface area contributed by atoms with Crippen molar-refractivity contribution in [2.24, 2.45) is 5.92 Å². The summed E-state index contributed by atoms with van der Waals surface area (Å²) in [6, 6.07) is 10.7. The van der Waals surface area contributed by atoms with Crippen LogP contribution in [0.2, 0.25) is 5.02 Å². The van der Waals surface area contributed by atoms with Crippen LogP contribution < -0.4 is 4.90 Å². The number of carbonyl (C=O) groups is 1. The van der Waals surface area contributed by atoms with E-state index in [2.05, 4.69) is 10.1 Å². The van der Waals surface area contributed by atoms with Gasteiger partial charge in [0.05, 0.1) is 0 Å². The summed E-state index contributed by atoms with van der Waals surface area (Å²) < 4.78 is 60.9. The smallest absolute Gasteiger partial charge is 0.248 e. The van der Waals surface area contributed by atoms with E-state index in [4.69, 9.17) is 16.1 Å². The van der Waals surface area contributed by atoms with E-state index in [0.717, 1.165) is 17.8 Å². The number of piperidine rings is 1. The van der Waals surface area contributed by atoms with Crippen molar-refractivity contribution in [2.75, 3.05) is 44.2 Å². The fourth-order valence-electron chi connectivity index (χ4n) is 5.19. The monoisotopic (exact) mass is 590 g/mol. The maximum Gasteiger partial charge on any atom is 0.248 e. The Kier molecular flexibility index (Phi) is 8.25. The molecule has 212 valence electrons. The third kappa shape index (κ3) is 5.91. The summed E-state index contributed by atoms with van der Waals surface area (Å²) in [7, 11) is -3.99. The SMILES string of the molecule is Cc1noc(C=Cc2ccc(F)cc2F)c1S(=O)(=O)N1CCC(C(=O)N2CCN(c3cccc(Cl)c3)CC2)CC1. The summed E-state index contributed by atoms with van der Waals surface area (Å²) >= 11 is 6.11. The van der Waals surface area contributed by atoms with Crippen LogP contribution in [-0.4, -0.2) is 68.0 Å². The number of aromatic nitrogens is 1. The summed E-state index contributed by atoms with van der Waals surface area (Å²) in [5, 5.41) is 4.48. The van der Waals surface area contributed by atoms with Crippen LogP contribution >= 0.6 is 11.6 Å². The number of piperazine rings is 1. The molecule has 8 nitrogen and oxygen atoms in total. The zero-order chi connectivity index (χ0) is 28.4. The Labute approximate surface area is 236 Å². The Balaban J connectivity index is 1.21. The molecule has 0 aliphatic carbocycles. The molecule has 1 aromatic heterocycles. The van der Waals surface area contributed by atoms with Crippen molar-refractivity contribution in [2.45, 2.75) is 24.7 Å². The summed E-state index contributed by atoms with van der Waals surface area (Å²) in [5.41, 5.74) is 1.28. The Morgan fingerprint density at radius 3 is 2.42 bits per heavy atom. The lowest BCUT2D eigenvalue weighted by molar-refractivity contribution is -0.137. The van der Waals surface area contributed by atoms with Crippen LogP contribution in [-0.2, 0) is 14.8 Å². The average molecular weight is 591 g/mol. The second-order valence-corrected chi connectivity index (χ2v) is 12.2. The molecule has 2 aliphatic rings. The molecule has 1 amide bonds. The van der Waals surface area contributed by atoms with Gasteiger partial charge in [-0.2, -0.15) is 4.31 Å².